The molecule has 0 spiro atoms. The number of aromatic nitrogens is 6. The van der Waals surface area contributed by atoms with Crippen molar-refractivity contribution in [2.75, 3.05) is 0 Å². The minimum atomic E-state index is -0.0292. The highest BCUT2D eigenvalue weighted by molar-refractivity contribution is 5.80. The van der Waals surface area contributed by atoms with Gasteiger partial charge in [0, 0.05) is 23.2 Å². The van der Waals surface area contributed by atoms with Crippen molar-refractivity contribution in [3.63, 3.8) is 0 Å². The molecular formula is C28H26N6O2. The maximum atomic E-state index is 13.5. The monoisotopic (exact) mass is 478 g/mol. The maximum Gasteiger partial charge on any atom is 0.257 e. The van der Waals surface area contributed by atoms with Crippen LogP contribution in [0.15, 0.2) is 77.6 Å². The van der Waals surface area contributed by atoms with Crippen molar-refractivity contribution in [1.29, 1.82) is 0 Å². The molecule has 0 bridgehead atoms. The number of aromatic amines is 1. The number of tetrazole rings is 1. The van der Waals surface area contributed by atoms with Crippen LogP contribution in [0.5, 0.6) is 0 Å². The molecule has 2 N–H and O–H groups in total. The summed E-state index contributed by atoms with van der Waals surface area (Å²) in [6.07, 6.45) is 0.496. The third kappa shape index (κ3) is 4.71. The molecule has 36 heavy (non-hydrogen) atoms. The largest absolute Gasteiger partial charge is 0.392 e. The lowest BCUT2D eigenvalue weighted by Crippen LogP contribution is -2.29. The standard InChI is InChI=1S/C28H26N6O2/c1-18-26(15-20-7-9-22(17-35)10-8-20)28(36)34(19(2)29-18)16-21-11-13-23(14-12-21)24-5-3-4-6-25(24)27-30-32-33-31-27/h3-14,35H,15-17H2,1-2H3,(H,30,31,32,33). The second-order valence-corrected chi connectivity index (χ2v) is 8.76. The summed E-state index contributed by atoms with van der Waals surface area (Å²) < 4.78 is 1.73. The molecule has 3 aromatic carbocycles. The molecule has 0 unspecified atom stereocenters. The fourth-order valence-electron chi connectivity index (χ4n) is 4.38. The van der Waals surface area contributed by atoms with Crippen LogP contribution in [0, 0.1) is 13.8 Å². The quantitative estimate of drug-likeness (QED) is 0.368. The van der Waals surface area contributed by atoms with Gasteiger partial charge in [0.15, 0.2) is 5.82 Å². The molecule has 2 heterocycles. The van der Waals surface area contributed by atoms with Crippen LogP contribution in [-0.2, 0) is 19.6 Å². The lowest BCUT2D eigenvalue weighted by Gasteiger charge is -2.15. The van der Waals surface area contributed by atoms with E-state index in [1.807, 2.05) is 86.6 Å². The first-order valence-electron chi connectivity index (χ1n) is 11.7. The van der Waals surface area contributed by atoms with Crippen molar-refractivity contribution < 1.29 is 5.11 Å². The summed E-state index contributed by atoms with van der Waals surface area (Å²) in [7, 11) is 0. The van der Waals surface area contributed by atoms with Crippen molar-refractivity contribution >= 4 is 0 Å². The fraction of sp³-hybridized carbons (Fsp3) is 0.179. The minimum absolute atomic E-state index is 0.000159. The smallest absolute Gasteiger partial charge is 0.257 e. The van der Waals surface area contributed by atoms with Gasteiger partial charge in [-0.25, -0.2) is 10.1 Å². The van der Waals surface area contributed by atoms with Gasteiger partial charge >= 0.3 is 0 Å². The molecule has 5 rings (SSSR count). The Morgan fingerprint density at radius 2 is 1.53 bits per heavy atom. The van der Waals surface area contributed by atoms with E-state index in [-0.39, 0.29) is 12.2 Å². The summed E-state index contributed by atoms with van der Waals surface area (Å²) in [4.78, 5) is 18.1. The highest BCUT2D eigenvalue weighted by Gasteiger charge is 2.14. The zero-order valence-electron chi connectivity index (χ0n) is 20.1. The third-order valence-electron chi connectivity index (χ3n) is 6.38. The molecule has 5 aromatic rings. The highest BCUT2D eigenvalue weighted by atomic mass is 16.3. The normalized spacial score (nSPS) is 11.1. The molecule has 0 aliphatic rings. The topological polar surface area (TPSA) is 110 Å². The Morgan fingerprint density at radius 3 is 2.19 bits per heavy atom. The van der Waals surface area contributed by atoms with Crippen LogP contribution < -0.4 is 5.56 Å². The van der Waals surface area contributed by atoms with E-state index in [9.17, 15) is 9.90 Å². The third-order valence-corrected chi connectivity index (χ3v) is 6.38. The Hall–Kier alpha value is -4.43. The summed E-state index contributed by atoms with van der Waals surface area (Å²) in [6, 6.07) is 23.7. The number of rotatable bonds is 7. The van der Waals surface area contributed by atoms with Crippen LogP contribution in [0.2, 0.25) is 0 Å². The van der Waals surface area contributed by atoms with Crippen molar-refractivity contribution in [2.45, 2.75) is 33.4 Å². The van der Waals surface area contributed by atoms with Crippen LogP contribution in [0.4, 0.5) is 0 Å². The van der Waals surface area contributed by atoms with Crippen LogP contribution in [0.3, 0.4) is 0 Å². The average Bonchev–Trinajstić information content (AvgIpc) is 3.45. The summed E-state index contributed by atoms with van der Waals surface area (Å²) in [5, 5.41) is 23.5. The van der Waals surface area contributed by atoms with Crippen LogP contribution in [-0.4, -0.2) is 35.3 Å². The van der Waals surface area contributed by atoms with Gasteiger partial charge in [-0.3, -0.25) is 9.36 Å². The van der Waals surface area contributed by atoms with Crippen LogP contribution >= 0.6 is 0 Å². The van der Waals surface area contributed by atoms with Crippen molar-refractivity contribution in [3.8, 4) is 22.5 Å². The second kappa shape index (κ2) is 10.1. The van der Waals surface area contributed by atoms with E-state index in [2.05, 4.69) is 25.6 Å². The molecule has 8 heteroatoms. The van der Waals surface area contributed by atoms with E-state index in [0.717, 1.165) is 39.1 Å². The minimum Gasteiger partial charge on any atom is -0.392 e. The molecule has 0 fully saturated rings. The molecule has 0 atom stereocenters. The molecule has 180 valence electrons. The number of aryl methyl sites for hydroxylation is 2. The Morgan fingerprint density at radius 1 is 0.861 bits per heavy atom. The molecule has 8 nitrogen and oxygen atoms in total. The van der Waals surface area contributed by atoms with E-state index < -0.39 is 0 Å². The number of aliphatic hydroxyl groups is 1. The van der Waals surface area contributed by atoms with Crippen molar-refractivity contribution in [2.24, 2.45) is 0 Å². The first kappa shape index (κ1) is 23.3. The first-order valence-corrected chi connectivity index (χ1v) is 11.7. The van der Waals surface area contributed by atoms with E-state index in [1.54, 1.807) is 4.57 Å². The zero-order valence-corrected chi connectivity index (χ0v) is 20.1. The van der Waals surface area contributed by atoms with Gasteiger partial charge in [-0.1, -0.05) is 72.8 Å². The number of nitrogens with one attached hydrogen (secondary N) is 1. The molecule has 0 aliphatic carbocycles. The molecule has 0 radical (unpaired) electrons. The lowest BCUT2D eigenvalue weighted by atomic mass is 9.98. The van der Waals surface area contributed by atoms with Crippen molar-refractivity contribution in [1.82, 2.24) is 30.2 Å². The summed E-state index contributed by atoms with van der Waals surface area (Å²) in [6.45, 7) is 4.18. The molecule has 0 aliphatic heterocycles. The predicted molar refractivity (Wildman–Crippen MR) is 137 cm³/mol. The SMILES string of the molecule is Cc1nc(C)n(Cc2ccc(-c3ccccc3-c3nnn[nH]3)cc2)c(=O)c1Cc1ccc(CO)cc1. The second-order valence-electron chi connectivity index (χ2n) is 8.76. The first-order chi connectivity index (χ1) is 17.5. The summed E-state index contributed by atoms with van der Waals surface area (Å²) >= 11 is 0. The van der Waals surface area contributed by atoms with Gasteiger partial charge in [-0.15, -0.1) is 5.10 Å². The van der Waals surface area contributed by atoms with Gasteiger partial charge in [0.1, 0.15) is 5.82 Å². The molecule has 0 saturated carbocycles. The Kier molecular flexibility index (Phi) is 6.51. The average molecular weight is 479 g/mol. The number of benzene rings is 3. The summed E-state index contributed by atoms with van der Waals surface area (Å²) in [5.74, 6) is 1.30. The number of aliphatic hydroxyl groups excluding tert-OH is 1. The summed E-state index contributed by atoms with van der Waals surface area (Å²) in [5.41, 5.74) is 7.23. The van der Waals surface area contributed by atoms with E-state index in [4.69, 9.17) is 0 Å². The number of hydrogen-bond donors (Lipinski definition) is 2. The van der Waals surface area contributed by atoms with Crippen molar-refractivity contribution in [3.05, 3.63) is 117 Å². The van der Waals surface area contributed by atoms with Gasteiger partial charge in [0.25, 0.3) is 5.56 Å². The van der Waals surface area contributed by atoms with Gasteiger partial charge < -0.3 is 5.11 Å². The molecule has 0 amide bonds. The van der Waals surface area contributed by atoms with E-state index in [0.29, 0.717) is 30.2 Å². The fourth-order valence-corrected chi connectivity index (χ4v) is 4.38. The predicted octanol–water partition coefficient (Wildman–Crippen LogP) is 3.84. The number of nitrogens with zero attached hydrogens (tertiary/aromatic N) is 5. The Bertz CT molecular complexity index is 1540. The van der Waals surface area contributed by atoms with E-state index in [1.165, 1.54) is 0 Å². The molecule has 2 aromatic heterocycles. The van der Waals surface area contributed by atoms with Gasteiger partial charge in [0.2, 0.25) is 0 Å². The van der Waals surface area contributed by atoms with Crippen LogP contribution in [0.25, 0.3) is 22.5 Å². The van der Waals surface area contributed by atoms with Gasteiger partial charge in [-0.05, 0) is 52.1 Å². The van der Waals surface area contributed by atoms with E-state index >= 15 is 0 Å². The van der Waals surface area contributed by atoms with Crippen LogP contribution in [0.1, 0.15) is 33.8 Å². The number of H-pyrrole nitrogens is 1. The lowest BCUT2D eigenvalue weighted by molar-refractivity contribution is 0.282. The molecular weight excluding hydrogens is 452 g/mol. The zero-order chi connectivity index (χ0) is 25.1. The van der Waals surface area contributed by atoms with Gasteiger partial charge in [0.05, 0.1) is 13.2 Å². The van der Waals surface area contributed by atoms with Gasteiger partial charge in [-0.2, -0.15) is 0 Å². The Labute approximate surface area is 208 Å². The maximum absolute atomic E-state index is 13.5. The molecule has 0 saturated heterocycles. The number of hydrogen-bond acceptors (Lipinski definition) is 6. The highest BCUT2D eigenvalue weighted by Crippen LogP contribution is 2.29. The Balaban J connectivity index is 1.42.